The molecule has 2 unspecified atom stereocenters. The van der Waals surface area contributed by atoms with Crippen molar-refractivity contribution in [3.63, 3.8) is 0 Å². The van der Waals surface area contributed by atoms with Gasteiger partial charge in [-0.3, -0.25) is 5.32 Å². The van der Waals surface area contributed by atoms with Gasteiger partial charge in [-0.2, -0.15) is 11.8 Å². The third-order valence-electron chi connectivity index (χ3n) is 3.80. The van der Waals surface area contributed by atoms with Gasteiger partial charge >= 0.3 is 6.09 Å². The number of amides is 1. The maximum absolute atomic E-state index is 11.7. The third-order valence-corrected chi connectivity index (χ3v) is 5.12. The van der Waals surface area contributed by atoms with Crippen LogP contribution in [0.2, 0.25) is 0 Å². The summed E-state index contributed by atoms with van der Waals surface area (Å²) in [5.74, 6) is 1.27. The molecule has 5 heteroatoms. The fourth-order valence-electron chi connectivity index (χ4n) is 2.58. The number of nitrogens with one attached hydrogen (secondary N) is 2. The molecule has 2 atom stereocenters. The molecule has 2 rings (SSSR count). The first-order valence-corrected chi connectivity index (χ1v) is 9.32. The van der Waals surface area contributed by atoms with Crippen LogP contribution in [0.1, 0.15) is 39.7 Å². The highest BCUT2D eigenvalue weighted by Crippen LogP contribution is 2.26. The molecule has 0 bridgehead atoms. The maximum Gasteiger partial charge on any atom is 0.412 e. The topological polar surface area (TPSA) is 50.4 Å². The molecule has 1 saturated heterocycles. The summed E-state index contributed by atoms with van der Waals surface area (Å²) in [6, 6.07) is 8.61. The Kier molecular flexibility index (Phi) is 6.36. The van der Waals surface area contributed by atoms with Gasteiger partial charge in [-0.15, -0.1) is 0 Å². The summed E-state index contributed by atoms with van der Waals surface area (Å²) in [5, 5.41) is 7.11. The first-order valence-electron chi connectivity index (χ1n) is 8.27. The van der Waals surface area contributed by atoms with E-state index in [9.17, 15) is 4.79 Å². The Bertz CT molecular complexity index is 511. The number of rotatable bonds is 5. The van der Waals surface area contributed by atoms with Crippen molar-refractivity contribution in [3.8, 4) is 0 Å². The lowest BCUT2D eigenvalue weighted by atomic mass is 10.1. The summed E-state index contributed by atoms with van der Waals surface area (Å²) in [4.78, 5) is 11.7. The summed E-state index contributed by atoms with van der Waals surface area (Å²) in [7, 11) is 0. The summed E-state index contributed by atoms with van der Waals surface area (Å²) in [5.41, 5.74) is 1.55. The zero-order valence-electron chi connectivity index (χ0n) is 14.5. The summed E-state index contributed by atoms with van der Waals surface area (Å²) in [6.07, 6.45) is 1.85. The molecule has 1 fully saturated rings. The molecule has 0 aliphatic carbocycles. The fourth-order valence-corrected chi connectivity index (χ4v) is 3.80. The second kappa shape index (κ2) is 8.06. The van der Waals surface area contributed by atoms with Gasteiger partial charge in [0.15, 0.2) is 0 Å². The highest BCUT2D eigenvalue weighted by molar-refractivity contribution is 8.00. The summed E-state index contributed by atoms with van der Waals surface area (Å²) in [6.45, 7) is 8.85. The zero-order chi connectivity index (χ0) is 16.9. The number of anilines is 1. The molecule has 1 aliphatic rings. The minimum Gasteiger partial charge on any atom is -0.444 e. The standard InChI is InChI=1S/C18H28N2O2S/c1-13-16(10-12-23-13)19-11-9-14-5-7-15(8-6-14)20-17(21)22-18(2,3)4/h5-8,13,16,19H,9-12H2,1-4H3,(H,20,21). The van der Waals surface area contributed by atoms with Crippen molar-refractivity contribution in [1.82, 2.24) is 5.32 Å². The van der Waals surface area contributed by atoms with Crippen molar-refractivity contribution < 1.29 is 9.53 Å². The third kappa shape index (κ3) is 6.43. The lowest BCUT2D eigenvalue weighted by Gasteiger charge is -2.19. The predicted octanol–water partition coefficient (Wildman–Crippen LogP) is 4.06. The molecule has 1 aliphatic heterocycles. The van der Waals surface area contributed by atoms with E-state index in [2.05, 4.69) is 29.7 Å². The Hall–Kier alpha value is -1.20. The second-order valence-electron chi connectivity index (χ2n) is 7.00. The van der Waals surface area contributed by atoms with Gasteiger partial charge in [0, 0.05) is 17.0 Å². The van der Waals surface area contributed by atoms with E-state index in [0.717, 1.165) is 23.9 Å². The SMILES string of the molecule is CC1SCCC1NCCc1ccc(NC(=O)OC(C)(C)C)cc1. The number of hydrogen-bond donors (Lipinski definition) is 2. The van der Waals surface area contributed by atoms with Crippen LogP contribution < -0.4 is 10.6 Å². The quantitative estimate of drug-likeness (QED) is 0.851. The molecule has 0 saturated carbocycles. The van der Waals surface area contributed by atoms with Gasteiger partial charge in [0.05, 0.1) is 0 Å². The molecule has 1 amide bonds. The number of carbonyl (C=O) groups excluding carboxylic acids is 1. The van der Waals surface area contributed by atoms with Crippen molar-refractivity contribution in [2.75, 3.05) is 17.6 Å². The van der Waals surface area contributed by atoms with E-state index in [4.69, 9.17) is 4.74 Å². The van der Waals surface area contributed by atoms with Crippen LogP contribution in [0.5, 0.6) is 0 Å². The molecule has 1 aromatic rings. The fraction of sp³-hybridized carbons (Fsp3) is 0.611. The smallest absolute Gasteiger partial charge is 0.412 e. The van der Waals surface area contributed by atoms with E-state index in [-0.39, 0.29) is 0 Å². The Morgan fingerprint density at radius 1 is 1.30 bits per heavy atom. The Morgan fingerprint density at radius 3 is 2.57 bits per heavy atom. The van der Waals surface area contributed by atoms with Gasteiger partial charge < -0.3 is 10.1 Å². The Balaban J connectivity index is 1.74. The average molecular weight is 337 g/mol. The van der Waals surface area contributed by atoms with E-state index in [1.807, 2.05) is 44.7 Å². The number of hydrogen-bond acceptors (Lipinski definition) is 4. The van der Waals surface area contributed by atoms with Crippen LogP contribution >= 0.6 is 11.8 Å². The highest BCUT2D eigenvalue weighted by Gasteiger charge is 2.22. The lowest BCUT2D eigenvalue weighted by molar-refractivity contribution is 0.0636. The summed E-state index contributed by atoms with van der Waals surface area (Å²) < 4.78 is 5.24. The van der Waals surface area contributed by atoms with Crippen LogP contribution in [-0.4, -0.2) is 35.3 Å². The van der Waals surface area contributed by atoms with Gasteiger partial charge in [0.2, 0.25) is 0 Å². The molecule has 0 radical (unpaired) electrons. The maximum atomic E-state index is 11.7. The second-order valence-corrected chi connectivity index (χ2v) is 8.48. The van der Waals surface area contributed by atoms with Crippen LogP contribution in [-0.2, 0) is 11.2 Å². The monoisotopic (exact) mass is 336 g/mol. The first-order chi connectivity index (χ1) is 10.8. The molecule has 23 heavy (non-hydrogen) atoms. The van der Waals surface area contributed by atoms with Gasteiger partial charge in [-0.1, -0.05) is 19.1 Å². The van der Waals surface area contributed by atoms with E-state index in [1.54, 1.807) is 0 Å². The zero-order valence-corrected chi connectivity index (χ0v) is 15.3. The van der Waals surface area contributed by atoms with Gasteiger partial charge in [-0.25, -0.2) is 4.79 Å². The van der Waals surface area contributed by atoms with E-state index >= 15 is 0 Å². The minimum absolute atomic E-state index is 0.417. The molecule has 128 valence electrons. The van der Waals surface area contributed by atoms with Gasteiger partial charge in [0.1, 0.15) is 5.60 Å². The molecule has 4 nitrogen and oxygen atoms in total. The van der Waals surface area contributed by atoms with Crippen molar-refractivity contribution in [3.05, 3.63) is 29.8 Å². The van der Waals surface area contributed by atoms with Crippen molar-refractivity contribution >= 4 is 23.5 Å². The van der Waals surface area contributed by atoms with Crippen LogP contribution in [0.4, 0.5) is 10.5 Å². The van der Waals surface area contributed by atoms with Crippen LogP contribution in [0.15, 0.2) is 24.3 Å². The predicted molar refractivity (Wildman–Crippen MR) is 98.3 cm³/mol. The van der Waals surface area contributed by atoms with Gasteiger partial charge in [0.25, 0.3) is 0 Å². The van der Waals surface area contributed by atoms with Crippen molar-refractivity contribution in [2.45, 2.75) is 57.4 Å². The van der Waals surface area contributed by atoms with Crippen LogP contribution in [0.25, 0.3) is 0 Å². The highest BCUT2D eigenvalue weighted by atomic mass is 32.2. The van der Waals surface area contributed by atoms with Crippen LogP contribution in [0.3, 0.4) is 0 Å². The molecular formula is C18H28N2O2S. The van der Waals surface area contributed by atoms with Crippen molar-refractivity contribution in [2.24, 2.45) is 0 Å². The Labute approximate surface area is 143 Å². The Morgan fingerprint density at radius 2 is 2.00 bits per heavy atom. The summed E-state index contributed by atoms with van der Waals surface area (Å²) >= 11 is 2.05. The van der Waals surface area contributed by atoms with Crippen LogP contribution in [0, 0.1) is 0 Å². The average Bonchev–Trinajstić information content (AvgIpc) is 2.84. The lowest BCUT2D eigenvalue weighted by Crippen LogP contribution is -2.34. The minimum atomic E-state index is -0.481. The number of benzene rings is 1. The number of ether oxygens (including phenoxy) is 1. The first kappa shape index (κ1) is 18.1. The largest absolute Gasteiger partial charge is 0.444 e. The number of carbonyl (C=O) groups is 1. The van der Waals surface area contributed by atoms with Gasteiger partial charge in [-0.05, 0) is 63.6 Å². The molecule has 2 N–H and O–H groups in total. The molecule has 1 heterocycles. The molecule has 0 spiro atoms. The van der Waals surface area contributed by atoms with E-state index in [0.29, 0.717) is 6.04 Å². The van der Waals surface area contributed by atoms with Crippen molar-refractivity contribution in [1.29, 1.82) is 0 Å². The molecular weight excluding hydrogens is 308 g/mol. The molecule has 0 aromatic heterocycles. The molecule has 1 aromatic carbocycles. The van der Waals surface area contributed by atoms with E-state index in [1.165, 1.54) is 17.7 Å². The normalized spacial score (nSPS) is 21.2. The number of thioether (sulfide) groups is 1. The van der Waals surface area contributed by atoms with E-state index < -0.39 is 11.7 Å².